The molecule has 2 aromatic rings. The van der Waals surface area contributed by atoms with Gasteiger partial charge < -0.3 is 0 Å². The van der Waals surface area contributed by atoms with Gasteiger partial charge in [-0.25, -0.2) is 13.4 Å². The van der Waals surface area contributed by atoms with Crippen LogP contribution in [0, 0.1) is 0 Å². The summed E-state index contributed by atoms with van der Waals surface area (Å²) in [6.07, 6.45) is 1.38. The van der Waals surface area contributed by atoms with E-state index >= 15 is 0 Å². The standard InChI is InChI=1S/C11H10BrClN2O2S2/c1-15(6-9-4-8(12)7-18-9)19(16,17)10-2-3-14-11(13)5-10/h2-5,7H,6H2,1H3. The van der Waals surface area contributed by atoms with E-state index in [1.807, 2.05) is 11.4 Å². The van der Waals surface area contributed by atoms with Crippen LogP contribution in [-0.2, 0) is 16.6 Å². The number of aromatic nitrogens is 1. The molecule has 0 saturated carbocycles. The highest BCUT2D eigenvalue weighted by atomic mass is 79.9. The highest BCUT2D eigenvalue weighted by Gasteiger charge is 2.21. The zero-order chi connectivity index (χ0) is 14.0. The highest BCUT2D eigenvalue weighted by molar-refractivity contribution is 9.10. The van der Waals surface area contributed by atoms with Crippen LogP contribution in [-0.4, -0.2) is 24.8 Å². The van der Waals surface area contributed by atoms with Gasteiger partial charge in [0.2, 0.25) is 10.0 Å². The van der Waals surface area contributed by atoms with Gasteiger partial charge in [0.1, 0.15) is 5.15 Å². The van der Waals surface area contributed by atoms with Gasteiger partial charge in [-0.2, -0.15) is 4.31 Å². The number of hydrogen-bond donors (Lipinski definition) is 0. The Morgan fingerprint density at radius 3 is 2.79 bits per heavy atom. The molecule has 0 fully saturated rings. The summed E-state index contributed by atoms with van der Waals surface area (Å²) < 4.78 is 26.9. The van der Waals surface area contributed by atoms with Crippen LogP contribution in [0.15, 0.2) is 39.1 Å². The van der Waals surface area contributed by atoms with E-state index in [0.717, 1.165) is 9.35 Å². The maximum absolute atomic E-state index is 12.3. The summed E-state index contributed by atoms with van der Waals surface area (Å²) >= 11 is 10.6. The largest absolute Gasteiger partial charge is 0.244 e. The molecule has 0 bridgehead atoms. The lowest BCUT2D eigenvalue weighted by atomic mass is 10.5. The average Bonchev–Trinajstić information content (AvgIpc) is 2.74. The third-order valence-electron chi connectivity index (χ3n) is 2.41. The third-order valence-corrected chi connectivity index (χ3v) is 6.09. The van der Waals surface area contributed by atoms with E-state index in [9.17, 15) is 8.42 Å². The van der Waals surface area contributed by atoms with Crippen LogP contribution in [0.2, 0.25) is 5.15 Å². The molecule has 0 aromatic carbocycles. The number of nitrogens with zero attached hydrogens (tertiary/aromatic N) is 2. The Morgan fingerprint density at radius 1 is 1.47 bits per heavy atom. The number of hydrogen-bond acceptors (Lipinski definition) is 4. The number of thiophene rings is 1. The van der Waals surface area contributed by atoms with Gasteiger partial charge in [0.25, 0.3) is 0 Å². The van der Waals surface area contributed by atoms with Crippen LogP contribution < -0.4 is 0 Å². The van der Waals surface area contributed by atoms with E-state index in [1.54, 1.807) is 0 Å². The molecule has 0 aliphatic carbocycles. The normalized spacial score (nSPS) is 12.0. The Bertz CT molecular complexity index is 688. The van der Waals surface area contributed by atoms with Crippen LogP contribution in [0.25, 0.3) is 0 Å². The molecule has 0 unspecified atom stereocenters. The van der Waals surface area contributed by atoms with Crippen molar-refractivity contribution in [2.75, 3.05) is 7.05 Å². The monoisotopic (exact) mass is 380 g/mol. The molecular formula is C11H10BrClN2O2S2. The Labute approximate surface area is 129 Å². The first kappa shape index (κ1) is 14.9. The molecule has 4 nitrogen and oxygen atoms in total. The van der Waals surface area contributed by atoms with Gasteiger partial charge in [0.05, 0.1) is 4.90 Å². The molecule has 0 spiro atoms. The van der Waals surface area contributed by atoms with Crippen molar-refractivity contribution in [3.63, 3.8) is 0 Å². The fourth-order valence-corrected chi connectivity index (χ4v) is 4.45. The fraction of sp³-hybridized carbons (Fsp3) is 0.182. The third kappa shape index (κ3) is 3.55. The summed E-state index contributed by atoms with van der Waals surface area (Å²) in [7, 11) is -2.01. The van der Waals surface area contributed by atoms with Crippen molar-refractivity contribution in [3.8, 4) is 0 Å². The van der Waals surface area contributed by atoms with Crippen molar-refractivity contribution in [2.24, 2.45) is 0 Å². The van der Waals surface area contributed by atoms with Crippen LogP contribution >= 0.6 is 38.9 Å². The molecule has 0 saturated heterocycles. The maximum Gasteiger partial charge on any atom is 0.243 e. The summed E-state index contributed by atoms with van der Waals surface area (Å²) in [4.78, 5) is 4.88. The molecule has 2 heterocycles. The SMILES string of the molecule is CN(Cc1cc(Br)cs1)S(=O)(=O)c1ccnc(Cl)c1. The highest BCUT2D eigenvalue weighted by Crippen LogP contribution is 2.24. The molecule has 0 amide bonds. The smallest absolute Gasteiger partial charge is 0.243 e. The fourth-order valence-electron chi connectivity index (χ4n) is 1.47. The quantitative estimate of drug-likeness (QED) is 0.763. The summed E-state index contributed by atoms with van der Waals surface area (Å²) in [5.41, 5.74) is 0. The van der Waals surface area contributed by atoms with Crippen LogP contribution in [0.5, 0.6) is 0 Å². The number of pyridine rings is 1. The number of sulfonamides is 1. The molecule has 19 heavy (non-hydrogen) atoms. The lowest BCUT2D eigenvalue weighted by molar-refractivity contribution is 0.469. The zero-order valence-electron chi connectivity index (χ0n) is 9.88. The second-order valence-corrected chi connectivity index (χ2v) is 8.15. The maximum atomic E-state index is 12.3. The molecule has 0 N–H and O–H groups in total. The number of halogens is 2. The lowest BCUT2D eigenvalue weighted by Crippen LogP contribution is -2.26. The van der Waals surface area contributed by atoms with Gasteiger partial charge in [0.15, 0.2) is 0 Å². The van der Waals surface area contributed by atoms with E-state index in [2.05, 4.69) is 20.9 Å². The van der Waals surface area contributed by atoms with E-state index in [-0.39, 0.29) is 10.0 Å². The predicted molar refractivity (Wildman–Crippen MR) is 79.9 cm³/mol. The van der Waals surface area contributed by atoms with Crippen LogP contribution in [0.3, 0.4) is 0 Å². The Kier molecular flexibility index (Phi) is 4.62. The lowest BCUT2D eigenvalue weighted by Gasteiger charge is -2.16. The first-order chi connectivity index (χ1) is 8.89. The zero-order valence-corrected chi connectivity index (χ0v) is 13.9. The Balaban J connectivity index is 2.24. The van der Waals surface area contributed by atoms with Crippen molar-refractivity contribution in [3.05, 3.63) is 44.3 Å². The molecule has 102 valence electrons. The molecule has 2 rings (SSSR count). The molecule has 0 aliphatic heterocycles. The van der Waals surface area contributed by atoms with Crippen molar-refractivity contribution in [1.82, 2.24) is 9.29 Å². The predicted octanol–water partition coefficient (Wildman–Crippen LogP) is 3.38. The average molecular weight is 382 g/mol. The second-order valence-electron chi connectivity index (χ2n) is 3.81. The Hall–Kier alpha value is -0.470. The molecule has 8 heteroatoms. The molecule has 2 aromatic heterocycles. The first-order valence-electron chi connectivity index (χ1n) is 5.20. The van der Waals surface area contributed by atoms with Gasteiger partial charge in [-0.1, -0.05) is 11.6 Å². The minimum atomic E-state index is -3.55. The minimum Gasteiger partial charge on any atom is -0.244 e. The summed E-state index contributed by atoms with van der Waals surface area (Å²) in [6.45, 7) is 0.318. The first-order valence-corrected chi connectivity index (χ1v) is 8.69. The Morgan fingerprint density at radius 2 is 2.21 bits per heavy atom. The van der Waals surface area contributed by atoms with Gasteiger partial charge in [-0.3, -0.25) is 0 Å². The van der Waals surface area contributed by atoms with E-state index in [1.165, 1.54) is 41.0 Å². The van der Waals surface area contributed by atoms with Crippen molar-refractivity contribution < 1.29 is 8.42 Å². The summed E-state index contributed by atoms with van der Waals surface area (Å²) in [5.74, 6) is 0. The topological polar surface area (TPSA) is 50.3 Å². The van der Waals surface area contributed by atoms with E-state index in [0.29, 0.717) is 6.54 Å². The summed E-state index contributed by atoms with van der Waals surface area (Å²) in [5, 5.41) is 2.08. The van der Waals surface area contributed by atoms with Crippen LogP contribution in [0.1, 0.15) is 4.88 Å². The van der Waals surface area contributed by atoms with Gasteiger partial charge in [-0.05, 0) is 34.1 Å². The molecule has 0 atom stereocenters. The second kappa shape index (κ2) is 5.88. The van der Waals surface area contributed by atoms with E-state index < -0.39 is 10.0 Å². The van der Waals surface area contributed by atoms with Crippen LogP contribution in [0.4, 0.5) is 0 Å². The molecular weight excluding hydrogens is 372 g/mol. The van der Waals surface area contributed by atoms with Crippen molar-refractivity contribution >= 4 is 48.9 Å². The van der Waals surface area contributed by atoms with Crippen molar-refractivity contribution in [1.29, 1.82) is 0 Å². The number of rotatable bonds is 4. The van der Waals surface area contributed by atoms with E-state index in [4.69, 9.17) is 11.6 Å². The van der Waals surface area contributed by atoms with Crippen molar-refractivity contribution in [2.45, 2.75) is 11.4 Å². The molecule has 0 aliphatic rings. The molecule has 0 radical (unpaired) electrons. The van der Waals surface area contributed by atoms with Gasteiger partial charge in [0, 0.05) is 34.5 Å². The minimum absolute atomic E-state index is 0.144. The van der Waals surface area contributed by atoms with Gasteiger partial charge >= 0.3 is 0 Å². The summed E-state index contributed by atoms with van der Waals surface area (Å²) in [6, 6.07) is 4.68. The van der Waals surface area contributed by atoms with Gasteiger partial charge in [-0.15, -0.1) is 11.3 Å².